The molecule has 1 fully saturated rings. The Morgan fingerprint density at radius 1 is 1.22 bits per heavy atom. The molecule has 1 aromatic rings. The number of hydrogen-bond acceptors (Lipinski definition) is 3. The number of halogens is 3. The van der Waals surface area contributed by atoms with Gasteiger partial charge in [-0.3, -0.25) is 0 Å². The average Bonchev–Trinajstić information content (AvgIpc) is 2.38. The minimum atomic E-state index is -4.36. The predicted octanol–water partition coefficient (Wildman–Crippen LogP) is 1.95. The quantitative estimate of drug-likeness (QED) is 0.852. The Balaban J connectivity index is 2.34. The highest BCUT2D eigenvalue weighted by atomic mass is 19.4. The Bertz CT molecular complexity index is 414. The molecular formula is C12H15F3N2O. The second-order valence-electron chi connectivity index (χ2n) is 4.20. The Morgan fingerprint density at radius 3 is 2.56 bits per heavy atom. The standard InChI is InChI=1S/C12H15F3N2O/c1-18-10-5-8(11-7-16-2-3-17-11)4-9(6-10)12(13,14)15/h4-6,11,16-17H,2-3,7H2,1H3/t11-/m0/s1. The zero-order valence-electron chi connectivity index (χ0n) is 9.97. The summed E-state index contributed by atoms with van der Waals surface area (Å²) in [4.78, 5) is 0. The molecule has 0 unspecified atom stereocenters. The number of piperazine rings is 1. The number of ether oxygens (including phenoxy) is 1. The Hall–Kier alpha value is -1.27. The summed E-state index contributed by atoms with van der Waals surface area (Å²) in [5.74, 6) is 0.229. The summed E-state index contributed by atoms with van der Waals surface area (Å²) in [6.07, 6.45) is -4.36. The molecule has 1 aromatic carbocycles. The first-order chi connectivity index (χ1) is 8.50. The van der Waals surface area contributed by atoms with Crippen LogP contribution in [0.25, 0.3) is 0 Å². The monoisotopic (exact) mass is 260 g/mol. The summed E-state index contributed by atoms with van der Waals surface area (Å²) >= 11 is 0. The Morgan fingerprint density at radius 2 is 2.00 bits per heavy atom. The van der Waals surface area contributed by atoms with Crippen molar-refractivity contribution in [1.82, 2.24) is 10.6 Å². The molecule has 0 spiro atoms. The van der Waals surface area contributed by atoms with Crippen LogP contribution >= 0.6 is 0 Å². The van der Waals surface area contributed by atoms with Gasteiger partial charge in [0.15, 0.2) is 0 Å². The molecular weight excluding hydrogens is 245 g/mol. The molecule has 18 heavy (non-hydrogen) atoms. The van der Waals surface area contributed by atoms with Gasteiger partial charge in [0.1, 0.15) is 5.75 Å². The van der Waals surface area contributed by atoms with E-state index < -0.39 is 11.7 Å². The molecule has 2 rings (SSSR count). The van der Waals surface area contributed by atoms with Crippen molar-refractivity contribution in [2.75, 3.05) is 26.7 Å². The number of benzene rings is 1. The first-order valence-corrected chi connectivity index (χ1v) is 5.71. The zero-order valence-corrected chi connectivity index (χ0v) is 9.97. The molecule has 1 saturated heterocycles. The summed E-state index contributed by atoms with van der Waals surface area (Å²) in [5.41, 5.74) is -0.0851. The van der Waals surface area contributed by atoms with E-state index in [0.717, 1.165) is 19.2 Å². The first kappa shape index (κ1) is 13.2. The van der Waals surface area contributed by atoms with Gasteiger partial charge < -0.3 is 15.4 Å². The van der Waals surface area contributed by atoms with Gasteiger partial charge in [-0.2, -0.15) is 13.2 Å². The van der Waals surface area contributed by atoms with Crippen molar-refractivity contribution >= 4 is 0 Å². The van der Waals surface area contributed by atoms with Crippen molar-refractivity contribution in [3.8, 4) is 5.75 Å². The smallest absolute Gasteiger partial charge is 0.416 e. The second-order valence-corrected chi connectivity index (χ2v) is 4.20. The maximum Gasteiger partial charge on any atom is 0.416 e. The van der Waals surface area contributed by atoms with Crippen LogP contribution in [0.5, 0.6) is 5.75 Å². The lowest BCUT2D eigenvalue weighted by Gasteiger charge is -2.25. The summed E-state index contributed by atoms with van der Waals surface area (Å²) in [5, 5.41) is 6.32. The van der Waals surface area contributed by atoms with E-state index >= 15 is 0 Å². The summed E-state index contributed by atoms with van der Waals surface area (Å²) in [6.45, 7) is 2.18. The number of nitrogens with one attached hydrogen (secondary N) is 2. The van der Waals surface area contributed by atoms with Gasteiger partial charge in [0.2, 0.25) is 0 Å². The van der Waals surface area contributed by atoms with Crippen LogP contribution in [0.15, 0.2) is 18.2 Å². The van der Waals surface area contributed by atoms with E-state index in [9.17, 15) is 13.2 Å². The SMILES string of the molecule is COc1cc([C@@H]2CNCCN2)cc(C(F)(F)F)c1. The van der Waals surface area contributed by atoms with E-state index in [2.05, 4.69) is 10.6 Å². The van der Waals surface area contributed by atoms with E-state index in [1.165, 1.54) is 13.2 Å². The molecule has 3 nitrogen and oxygen atoms in total. The lowest BCUT2D eigenvalue weighted by molar-refractivity contribution is -0.137. The normalized spacial score (nSPS) is 20.8. The third-order valence-electron chi connectivity index (χ3n) is 2.94. The number of alkyl halides is 3. The molecule has 2 N–H and O–H groups in total. The maximum absolute atomic E-state index is 12.8. The van der Waals surface area contributed by atoms with E-state index in [1.807, 2.05) is 0 Å². The molecule has 1 heterocycles. The first-order valence-electron chi connectivity index (χ1n) is 5.71. The molecule has 1 aliphatic rings. The third kappa shape index (κ3) is 2.94. The van der Waals surface area contributed by atoms with Crippen LogP contribution in [0.4, 0.5) is 13.2 Å². The molecule has 0 radical (unpaired) electrons. The van der Waals surface area contributed by atoms with Crippen molar-refractivity contribution in [1.29, 1.82) is 0 Å². The number of hydrogen-bond donors (Lipinski definition) is 2. The highest BCUT2D eigenvalue weighted by Gasteiger charge is 2.32. The largest absolute Gasteiger partial charge is 0.497 e. The van der Waals surface area contributed by atoms with Gasteiger partial charge in [0, 0.05) is 25.7 Å². The summed E-state index contributed by atoms with van der Waals surface area (Å²) < 4.78 is 43.2. The molecule has 0 aromatic heterocycles. The average molecular weight is 260 g/mol. The molecule has 0 saturated carbocycles. The van der Waals surface area contributed by atoms with Gasteiger partial charge in [-0.15, -0.1) is 0 Å². The van der Waals surface area contributed by atoms with Crippen molar-refractivity contribution < 1.29 is 17.9 Å². The van der Waals surface area contributed by atoms with Crippen LogP contribution in [-0.4, -0.2) is 26.7 Å². The maximum atomic E-state index is 12.8. The molecule has 0 amide bonds. The van der Waals surface area contributed by atoms with Gasteiger partial charge in [0.05, 0.1) is 12.7 Å². The fourth-order valence-electron chi connectivity index (χ4n) is 1.99. The molecule has 100 valence electrons. The van der Waals surface area contributed by atoms with Gasteiger partial charge in [0.25, 0.3) is 0 Å². The highest BCUT2D eigenvalue weighted by molar-refractivity contribution is 5.37. The minimum absolute atomic E-state index is 0.116. The predicted molar refractivity (Wildman–Crippen MR) is 61.6 cm³/mol. The van der Waals surface area contributed by atoms with E-state index in [0.29, 0.717) is 12.1 Å². The van der Waals surface area contributed by atoms with Crippen LogP contribution in [0.2, 0.25) is 0 Å². The zero-order chi connectivity index (χ0) is 13.2. The minimum Gasteiger partial charge on any atom is -0.497 e. The fourth-order valence-corrected chi connectivity index (χ4v) is 1.99. The Kier molecular flexibility index (Phi) is 3.77. The highest BCUT2D eigenvalue weighted by Crippen LogP contribution is 2.34. The van der Waals surface area contributed by atoms with E-state index in [4.69, 9.17) is 4.74 Å². The molecule has 0 bridgehead atoms. The van der Waals surface area contributed by atoms with Crippen molar-refractivity contribution in [2.45, 2.75) is 12.2 Å². The molecule has 0 aliphatic carbocycles. The topological polar surface area (TPSA) is 33.3 Å². The number of rotatable bonds is 2. The Labute approximate surface area is 103 Å². The van der Waals surface area contributed by atoms with Gasteiger partial charge in [-0.05, 0) is 23.8 Å². The van der Waals surface area contributed by atoms with Gasteiger partial charge >= 0.3 is 6.18 Å². The second kappa shape index (κ2) is 5.16. The number of methoxy groups -OCH3 is 1. The summed E-state index contributed by atoms with van der Waals surface area (Å²) in [6, 6.07) is 3.71. The third-order valence-corrected chi connectivity index (χ3v) is 2.94. The van der Waals surface area contributed by atoms with Crippen LogP contribution in [0.3, 0.4) is 0 Å². The van der Waals surface area contributed by atoms with Gasteiger partial charge in [-0.1, -0.05) is 0 Å². The van der Waals surface area contributed by atoms with Crippen molar-refractivity contribution in [3.63, 3.8) is 0 Å². The lowest BCUT2D eigenvalue weighted by Crippen LogP contribution is -2.42. The summed E-state index contributed by atoms with van der Waals surface area (Å²) in [7, 11) is 1.37. The van der Waals surface area contributed by atoms with Crippen molar-refractivity contribution in [3.05, 3.63) is 29.3 Å². The fraction of sp³-hybridized carbons (Fsp3) is 0.500. The molecule has 6 heteroatoms. The molecule has 1 atom stereocenters. The van der Waals surface area contributed by atoms with Crippen LogP contribution in [0, 0.1) is 0 Å². The van der Waals surface area contributed by atoms with Crippen LogP contribution in [-0.2, 0) is 6.18 Å². The van der Waals surface area contributed by atoms with E-state index in [1.54, 1.807) is 6.07 Å². The van der Waals surface area contributed by atoms with E-state index in [-0.39, 0.29) is 11.8 Å². The molecule has 1 aliphatic heterocycles. The van der Waals surface area contributed by atoms with Crippen LogP contribution in [0.1, 0.15) is 17.2 Å². The lowest BCUT2D eigenvalue weighted by atomic mass is 10.0. The van der Waals surface area contributed by atoms with Crippen molar-refractivity contribution in [2.24, 2.45) is 0 Å². The van der Waals surface area contributed by atoms with Crippen LogP contribution < -0.4 is 15.4 Å². The van der Waals surface area contributed by atoms with Gasteiger partial charge in [-0.25, -0.2) is 0 Å².